The van der Waals surface area contributed by atoms with Crippen LogP contribution in [0, 0.1) is 12.3 Å². The van der Waals surface area contributed by atoms with Crippen LogP contribution >= 0.6 is 11.8 Å². The largest absolute Gasteiger partial charge is 0.299 e. The topological polar surface area (TPSA) is 34.1 Å². The zero-order chi connectivity index (χ0) is 17.3. The number of aryl methyl sites for hydroxylation is 3. The first-order valence-electron chi connectivity index (χ1n) is 9.25. The smallest absolute Gasteiger partial charge is 0.148 e. The second-order valence-electron chi connectivity index (χ2n) is 7.54. The second-order valence-corrected chi connectivity index (χ2v) is 8.76. The predicted molar refractivity (Wildman–Crippen MR) is 101 cm³/mol. The van der Waals surface area contributed by atoms with E-state index >= 15 is 0 Å². The summed E-state index contributed by atoms with van der Waals surface area (Å²) in [6.45, 7) is 6.34. The Kier molecular flexibility index (Phi) is 5.19. The molecule has 3 heteroatoms. The number of hydrogen-bond donors (Lipinski definition) is 0. The molecule has 2 fully saturated rings. The van der Waals surface area contributed by atoms with Crippen LogP contribution in [0.3, 0.4) is 0 Å². The minimum Gasteiger partial charge on any atom is -0.299 e. The van der Waals surface area contributed by atoms with Gasteiger partial charge >= 0.3 is 0 Å². The Bertz CT molecular complexity index is 611. The third-order valence-electron chi connectivity index (χ3n) is 5.84. The Labute approximate surface area is 149 Å². The number of rotatable bonds is 3. The van der Waals surface area contributed by atoms with Crippen molar-refractivity contribution in [2.75, 3.05) is 11.5 Å². The average Bonchev–Trinajstić information content (AvgIpc) is 2.55. The summed E-state index contributed by atoms with van der Waals surface area (Å²) >= 11 is 1.95. The van der Waals surface area contributed by atoms with E-state index < -0.39 is 5.92 Å². The Hall–Kier alpha value is -1.09. The average molecular weight is 345 g/mol. The Morgan fingerprint density at radius 1 is 1.00 bits per heavy atom. The van der Waals surface area contributed by atoms with Crippen LogP contribution in [0.5, 0.6) is 0 Å². The lowest BCUT2D eigenvalue weighted by Crippen LogP contribution is -2.42. The number of carbonyl (C=O) groups excluding carboxylic acids is 2. The van der Waals surface area contributed by atoms with Crippen molar-refractivity contribution in [3.8, 4) is 0 Å². The van der Waals surface area contributed by atoms with E-state index in [1.165, 1.54) is 16.7 Å². The molecule has 24 heavy (non-hydrogen) atoms. The zero-order valence-corrected chi connectivity index (χ0v) is 15.9. The molecular formula is C21H28O2S. The van der Waals surface area contributed by atoms with Gasteiger partial charge in [-0.05, 0) is 66.2 Å². The molecule has 0 aromatic heterocycles. The van der Waals surface area contributed by atoms with Crippen molar-refractivity contribution in [2.45, 2.75) is 65.2 Å². The molecule has 1 aliphatic carbocycles. The maximum atomic E-state index is 13.1. The molecule has 1 aromatic rings. The Balaban J connectivity index is 1.99. The van der Waals surface area contributed by atoms with Crippen LogP contribution in [0.1, 0.15) is 67.7 Å². The van der Waals surface area contributed by atoms with Gasteiger partial charge in [0.25, 0.3) is 0 Å². The summed E-state index contributed by atoms with van der Waals surface area (Å²) in [5.41, 5.74) is 4.62. The molecule has 1 spiro atoms. The fourth-order valence-electron chi connectivity index (χ4n) is 4.57. The first-order chi connectivity index (χ1) is 11.5. The molecule has 130 valence electrons. The quantitative estimate of drug-likeness (QED) is 0.749. The van der Waals surface area contributed by atoms with Gasteiger partial charge in [-0.15, -0.1) is 0 Å². The standard InChI is InChI=1S/C21H28O2S/c1-4-15-10-14(3)11-16(5-2)19(15)20-17(22)12-21(13-18(20)23)6-8-24-9-7-21/h10-11,20H,4-9,12-13H2,1-3H3. The molecule has 0 unspecified atom stereocenters. The van der Waals surface area contributed by atoms with E-state index in [2.05, 4.69) is 32.9 Å². The van der Waals surface area contributed by atoms with Gasteiger partial charge in [0, 0.05) is 12.8 Å². The van der Waals surface area contributed by atoms with Gasteiger partial charge in [-0.3, -0.25) is 9.59 Å². The number of benzene rings is 1. The summed E-state index contributed by atoms with van der Waals surface area (Å²) in [5.74, 6) is 2.03. The maximum Gasteiger partial charge on any atom is 0.148 e. The molecule has 1 heterocycles. The van der Waals surface area contributed by atoms with Gasteiger partial charge in [0.2, 0.25) is 0 Å². The Morgan fingerprint density at radius 2 is 1.50 bits per heavy atom. The number of hydrogen-bond acceptors (Lipinski definition) is 3. The van der Waals surface area contributed by atoms with Crippen molar-refractivity contribution in [3.63, 3.8) is 0 Å². The van der Waals surface area contributed by atoms with Crippen LogP contribution in [0.2, 0.25) is 0 Å². The summed E-state index contributed by atoms with van der Waals surface area (Å²) < 4.78 is 0. The van der Waals surface area contributed by atoms with Gasteiger partial charge in [0.15, 0.2) is 0 Å². The summed E-state index contributed by atoms with van der Waals surface area (Å²) in [6.07, 6.45) is 5.01. The van der Waals surface area contributed by atoms with Gasteiger partial charge < -0.3 is 0 Å². The van der Waals surface area contributed by atoms with Crippen molar-refractivity contribution in [3.05, 3.63) is 34.4 Å². The van der Waals surface area contributed by atoms with E-state index in [1.54, 1.807) is 0 Å². The number of thioether (sulfide) groups is 1. The molecule has 1 aromatic carbocycles. The van der Waals surface area contributed by atoms with Crippen LogP contribution in [0.25, 0.3) is 0 Å². The Morgan fingerprint density at radius 3 is 1.96 bits per heavy atom. The highest BCUT2D eigenvalue weighted by Gasteiger charge is 2.46. The normalized spacial score (nSPS) is 21.5. The van der Waals surface area contributed by atoms with Gasteiger partial charge in [0.05, 0.1) is 0 Å². The van der Waals surface area contributed by atoms with Crippen LogP contribution in [-0.2, 0) is 22.4 Å². The molecule has 2 aliphatic rings. The molecule has 0 radical (unpaired) electrons. The zero-order valence-electron chi connectivity index (χ0n) is 15.1. The highest BCUT2D eigenvalue weighted by atomic mass is 32.2. The van der Waals surface area contributed by atoms with E-state index in [1.807, 2.05) is 11.8 Å². The van der Waals surface area contributed by atoms with Crippen LogP contribution in [0.4, 0.5) is 0 Å². The number of ketones is 2. The first-order valence-corrected chi connectivity index (χ1v) is 10.4. The van der Waals surface area contributed by atoms with Crippen molar-refractivity contribution in [2.24, 2.45) is 5.41 Å². The SMILES string of the molecule is CCc1cc(C)cc(CC)c1C1C(=O)CC2(CCSCC2)CC1=O. The molecule has 1 aliphatic heterocycles. The van der Waals surface area contributed by atoms with Crippen LogP contribution < -0.4 is 0 Å². The van der Waals surface area contributed by atoms with E-state index in [-0.39, 0.29) is 17.0 Å². The lowest BCUT2D eigenvalue weighted by molar-refractivity contribution is -0.137. The first kappa shape index (κ1) is 17.7. The molecule has 1 saturated carbocycles. The van der Waals surface area contributed by atoms with Crippen molar-refractivity contribution < 1.29 is 9.59 Å². The summed E-state index contributed by atoms with van der Waals surface area (Å²) in [5, 5.41) is 0. The van der Waals surface area contributed by atoms with Gasteiger partial charge in [-0.1, -0.05) is 31.5 Å². The van der Waals surface area contributed by atoms with Crippen LogP contribution in [-0.4, -0.2) is 23.1 Å². The van der Waals surface area contributed by atoms with Gasteiger partial charge in [0.1, 0.15) is 17.5 Å². The van der Waals surface area contributed by atoms with Crippen LogP contribution in [0.15, 0.2) is 12.1 Å². The minimum absolute atomic E-state index is 0.0284. The van der Waals surface area contributed by atoms with E-state index in [0.29, 0.717) is 12.8 Å². The van der Waals surface area contributed by atoms with Crippen molar-refractivity contribution in [1.29, 1.82) is 0 Å². The minimum atomic E-state index is -0.504. The lowest BCUT2D eigenvalue weighted by atomic mass is 9.64. The molecule has 3 rings (SSSR count). The molecular weight excluding hydrogens is 316 g/mol. The van der Waals surface area contributed by atoms with E-state index in [0.717, 1.165) is 42.8 Å². The van der Waals surface area contributed by atoms with Crippen molar-refractivity contribution in [1.82, 2.24) is 0 Å². The fraction of sp³-hybridized carbons (Fsp3) is 0.619. The highest BCUT2D eigenvalue weighted by molar-refractivity contribution is 7.99. The molecule has 0 atom stereocenters. The van der Waals surface area contributed by atoms with Crippen molar-refractivity contribution >= 4 is 23.3 Å². The molecule has 0 amide bonds. The predicted octanol–water partition coefficient (Wildman–Crippen LogP) is 4.65. The fourth-order valence-corrected chi connectivity index (χ4v) is 5.93. The molecule has 1 saturated heterocycles. The lowest BCUT2D eigenvalue weighted by Gasteiger charge is -2.41. The third kappa shape index (κ3) is 3.20. The maximum absolute atomic E-state index is 13.1. The monoisotopic (exact) mass is 344 g/mol. The highest BCUT2D eigenvalue weighted by Crippen LogP contribution is 2.48. The van der Waals surface area contributed by atoms with E-state index in [9.17, 15) is 9.59 Å². The summed E-state index contributed by atoms with van der Waals surface area (Å²) in [4.78, 5) is 26.1. The third-order valence-corrected chi connectivity index (χ3v) is 6.83. The number of Topliss-reactive ketones (excluding diaryl/α,β-unsaturated/α-hetero) is 2. The summed E-state index contributed by atoms with van der Waals surface area (Å²) in [7, 11) is 0. The summed E-state index contributed by atoms with van der Waals surface area (Å²) in [6, 6.07) is 4.33. The molecule has 0 N–H and O–H groups in total. The number of carbonyl (C=O) groups is 2. The van der Waals surface area contributed by atoms with E-state index in [4.69, 9.17) is 0 Å². The molecule has 0 bridgehead atoms. The molecule has 2 nitrogen and oxygen atoms in total. The van der Waals surface area contributed by atoms with Gasteiger partial charge in [-0.25, -0.2) is 0 Å². The second kappa shape index (κ2) is 7.03. The van der Waals surface area contributed by atoms with Gasteiger partial charge in [-0.2, -0.15) is 11.8 Å².